The molecule has 2 atom stereocenters. The lowest BCUT2D eigenvalue weighted by atomic mass is 10.0. The van der Waals surface area contributed by atoms with Gasteiger partial charge in [0, 0.05) is 30.6 Å². The number of benzene rings is 3. The zero-order valence-corrected chi connectivity index (χ0v) is 20.1. The number of aliphatic hydroxyl groups is 1. The molecule has 2 aliphatic heterocycles. The van der Waals surface area contributed by atoms with E-state index in [9.17, 15) is 32.7 Å². The molecule has 0 aliphatic carbocycles. The van der Waals surface area contributed by atoms with E-state index in [0.717, 1.165) is 12.1 Å². The standard InChI is InChI=1S/C28H24F3N3O4/c29-21-8-4-18(5-9-21)17-2-6-20(7-3-17)28(30,31)27(38)32-14-16-1-10-22-19(13-16)15-34(26(22)37)23-11-12-24(35)33-25(23)36/h1-10,13,23,25,36H,11-12,14-15H2,(H,32,38)(H,33,35). The fourth-order valence-corrected chi connectivity index (χ4v) is 4.81. The Labute approximate surface area is 216 Å². The Bertz CT molecular complexity index is 1390. The highest BCUT2D eigenvalue weighted by atomic mass is 19.3. The average molecular weight is 524 g/mol. The second-order valence-corrected chi connectivity index (χ2v) is 9.38. The van der Waals surface area contributed by atoms with Crippen LogP contribution in [0.4, 0.5) is 13.2 Å². The van der Waals surface area contributed by atoms with E-state index in [1.165, 1.54) is 41.3 Å². The van der Waals surface area contributed by atoms with Gasteiger partial charge in [-0.15, -0.1) is 0 Å². The summed E-state index contributed by atoms with van der Waals surface area (Å²) < 4.78 is 42.9. The monoisotopic (exact) mass is 523 g/mol. The van der Waals surface area contributed by atoms with Gasteiger partial charge < -0.3 is 20.6 Å². The van der Waals surface area contributed by atoms with Crippen molar-refractivity contribution in [1.82, 2.24) is 15.5 Å². The number of fused-ring (bicyclic) bond motifs is 1. The molecule has 1 saturated heterocycles. The van der Waals surface area contributed by atoms with Crippen LogP contribution >= 0.6 is 0 Å². The molecule has 3 amide bonds. The third kappa shape index (κ3) is 4.87. The minimum absolute atomic E-state index is 0.175. The Kier molecular flexibility index (Phi) is 6.66. The summed E-state index contributed by atoms with van der Waals surface area (Å²) in [6.45, 7) is 0.0236. The number of aliphatic hydroxyl groups excluding tert-OH is 1. The van der Waals surface area contributed by atoms with Gasteiger partial charge in [0.2, 0.25) is 5.91 Å². The van der Waals surface area contributed by atoms with Crippen LogP contribution < -0.4 is 10.6 Å². The number of hydrogen-bond acceptors (Lipinski definition) is 4. The van der Waals surface area contributed by atoms with Gasteiger partial charge in [-0.1, -0.05) is 48.5 Å². The van der Waals surface area contributed by atoms with Crippen LogP contribution in [0.15, 0.2) is 66.7 Å². The molecule has 10 heteroatoms. The van der Waals surface area contributed by atoms with Crippen molar-refractivity contribution in [1.29, 1.82) is 0 Å². The summed E-state index contributed by atoms with van der Waals surface area (Å²) in [5.41, 5.74) is 2.39. The van der Waals surface area contributed by atoms with Gasteiger partial charge in [0.05, 0.1) is 6.04 Å². The highest BCUT2D eigenvalue weighted by molar-refractivity contribution is 5.98. The molecular formula is C28H24F3N3O4. The first-order valence-corrected chi connectivity index (χ1v) is 12.1. The average Bonchev–Trinajstić information content (AvgIpc) is 3.23. The van der Waals surface area contributed by atoms with Gasteiger partial charge in [0.15, 0.2) is 0 Å². The lowest BCUT2D eigenvalue weighted by Gasteiger charge is -2.35. The topological polar surface area (TPSA) is 98.7 Å². The largest absolute Gasteiger partial charge is 0.372 e. The molecule has 3 aromatic rings. The maximum Gasteiger partial charge on any atom is 0.349 e. The number of carbonyl (C=O) groups is 3. The molecule has 0 saturated carbocycles. The molecule has 0 radical (unpaired) electrons. The summed E-state index contributed by atoms with van der Waals surface area (Å²) >= 11 is 0. The Morgan fingerprint density at radius 1 is 1.03 bits per heavy atom. The minimum atomic E-state index is -3.79. The van der Waals surface area contributed by atoms with Gasteiger partial charge in [-0.3, -0.25) is 14.4 Å². The molecule has 196 valence electrons. The van der Waals surface area contributed by atoms with E-state index in [4.69, 9.17) is 0 Å². The van der Waals surface area contributed by atoms with E-state index in [1.807, 2.05) is 0 Å². The van der Waals surface area contributed by atoms with Crippen molar-refractivity contribution in [2.75, 3.05) is 0 Å². The van der Waals surface area contributed by atoms with Crippen LogP contribution in [0.5, 0.6) is 0 Å². The summed E-state index contributed by atoms with van der Waals surface area (Å²) in [5, 5.41) is 14.9. The Morgan fingerprint density at radius 3 is 2.34 bits per heavy atom. The van der Waals surface area contributed by atoms with Crippen molar-refractivity contribution in [2.24, 2.45) is 0 Å². The van der Waals surface area contributed by atoms with Gasteiger partial charge in [0.1, 0.15) is 12.0 Å². The van der Waals surface area contributed by atoms with Crippen molar-refractivity contribution in [3.05, 3.63) is 94.8 Å². The Morgan fingerprint density at radius 2 is 1.68 bits per heavy atom. The SMILES string of the molecule is O=C1CCC(N2Cc3cc(CNC(=O)C(F)(F)c4ccc(-c5ccc(F)cc5)cc4)ccc3C2=O)C(O)N1. The lowest BCUT2D eigenvalue weighted by Crippen LogP contribution is -2.55. The van der Waals surface area contributed by atoms with Crippen LogP contribution in [-0.2, 0) is 28.6 Å². The Balaban J connectivity index is 1.23. The number of alkyl halides is 2. The van der Waals surface area contributed by atoms with Crippen molar-refractivity contribution in [3.63, 3.8) is 0 Å². The molecule has 3 N–H and O–H groups in total. The molecule has 38 heavy (non-hydrogen) atoms. The van der Waals surface area contributed by atoms with Crippen molar-refractivity contribution >= 4 is 17.7 Å². The van der Waals surface area contributed by atoms with Crippen molar-refractivity contribution in [3.8, 4) is 11.1 Å². The summed E-state index contributed by atoms with van der Waals surface area (Å²) in [5.74, 6) is -6.22. The first kappa shape index (κ1) is 25.5. The van der Waals surface area contributed by atoms with E-state index in [0.29, 0.717) is 34.2 Å². The van der Waals surface area contributed by atoms with Gasteiger partial charge in [-0.2, -0.15) is 8.78 Å². The first-order valence-electron chi connectivity index (χ1n) is 12.1. The first-order chi connectivity index (χ1) is 18.1. The predicted octanol–water partition coefficient (Wildman–Crippen LogP) is 3.45. The second-order valence-electron chi connectivity index (χ2n) is 9.38. The second kappa shape index (κ2) is 9.94. The predicted molar refractivity (Wildman–Crippen MR) is 131 cm³/mol. The van der Waals surface area contributed by atoms with Crippen molar-refractivity contribution < 1.29 is 32.7 Å². The highest BCUT2D eigenvalue weighted by Crippen LogP contribution is 2.32. The molecule has 0 aromatic heterocycles. The maximum atomic E-state index is 14.9. The van der Waals surface area contributed by atoms with E-state index in [-0.39, 0.29) is 31.3 Å². The van der Waals surface area contributed by atoms with Gasteiger partial charge in [-0.25, -0.2) is 4.39 Å². The third-order valence-corrected chi connectivity index (χ3v) is 6.91. The summed E-state index contributed by atoms with van der Waals surface area (Å²) in [6.07, 6.45) is -0.641. The maximum absolute atomic E-state index is 14.9. The van der Waals surface area contributed by atoms with Crippen LogP contribution in [0.3, 0.4) is 0 Å². The van der Waals surface area contributed by atoms with Crippen LogP contribution in [-0.4, -0.2) is 40.0 Å². The zero-order chi connectivity index (χ0) is 27.0. The number of nitrogens with one attached hydrogen (secondary N) is 2. The fourth-order valence-electron chi connectivity index (χ4n) is 4.81. The molecule has 5 rings (SSSR count). The van der Waals surface area contributed by atoms with Crippen LogP contribution in [0.1, 0.15) is 39.9 Å². The normalized spacial score (nSPS) is 19.2. The minimum Gasteiger partial charge on any atom is -0.372 e. The van der Waals surface area contributed by atoms with Gasteiger partial charge in [-0.05, 0) is 46.9 Å². The zero-order valence-electron chi connectivity index (χ0n) is 20.1. The smallest absolute Gasteiger partial charge is 0.349 e. The molecule has 1 fully saturated rings. The lowest BCUT2D eigenvalue weighted by molar-refractivity contribution is -0.147. The molecule has 2 heterocycles. The van der Waals surface area contributed by atoms with Gasteiger partial charge in [0.25, 0.3) is 11.8 Å². The number of halogens is 3. The van der Waals surface area contributed by atoms with Crippen LogP contribution in [0, 0.1) is 5.82 Å². The molecular weight excluding hydrogens is 499 g/mol. The number of carbonyl (C=O) groups excluding carboxylic acids is 3. The number of hydrogen-bond donors (Lipinski definition) is 3. The molecule has 0 bridgehead atoms. The number of piperidine rings is 1. The number of nitrogens with zero attached hydrogens (tertiary/aromatic N) is 1. The molecule has 0 spiro atoms. The van der Waals surface area contributed by atoms with E-state index < -0.39 is 35.5 Å². The quantitative estimate of drug-likeness (QED) is 0.461. The number of amides is 3. The fraction of sp³-hybridized carbons (Fsp3) is 0.250. The van der Waals surface area contributed by atoms with Crippen molar-refractivity contribution in [2.45, 2.75) is 44.1 Å². The van der Waals surface area contributed by atoms with Gasteiger partial charge >= 0.3 is 5.92 Å². The Hall–Kier alpha value is -4.18. The molecule has 7 nitrogen and oxygen atoms in total. The number of rotatable bonds is 6. The van der Waals surface area contributed by atoms with E-state index >= 15 is 0 Å². The third-order valence-electron chi connectivity index (χ3n) is 6.91. The summed E-state index contributed by atoms with van der Waals surface area (Å²) in [4.78, 5) is 38.2. The summed E-state index contributed by atoms with van der Waals surface area (Å²) in [6, 6.07) is 15.1. The van der Waals surface area contributed by atoms with Crippen LogP contribution in [0.2, 0.25) is 0 Å². The molecule has 3 aromatic carbocycles. The molecule has 2 unspecified atom stereocenters. The highest BCUT2D eigenvalue weighted by Gasteiger charge is 2.41. The van der Waals surface area contributed by atoms with E-state index in [2.05, 4.69) is 10.6 Å². The van der Waals surface area contributed by atoms with Crippen LogP contribution in [0.25, 0.3) is 11.1 Å². The van der Waals surface area contributed by atoms with E-state index in [1.54, 1.807) is 18.2 Å². The summed E-state index contributed by atoms with van der Waals surface area (Å²) in [7, 11) is 0. The molecule has 2 aliphatic rings.